The van der Waals surface area contributed by atoms with Crippen molar-refractivity contribution in [1.82, 2.24) is 5.32 Å². The molecule has 6 heteroatoms. The fraction of sp³-hybridized carbons (Fsp3) is 0.200. The van der Waals surface area contributed by atoms with Crippen LogP contribution >= 0.6 is 11.6 Å². The number of imide groups is 1. The Morgan fingerprint density at radius 1 is 1.19 bits per heavy atom. The second-order valence-electron chi connectivity index (χ2n) is 6.01. The van der Waals surface area contributed by atoms with Gasteiger partial charge in [-0.05, 0) is 55.3 Å². The number of ether oxygens (including phenoxy) is 1. The standard InChI is InChI=1S/C20H19ClN2O3/c1-3-13(2)26-17-9-7-14(8-10-17)11-18-19(24)23(20(25)22-18)16-6-4-5-15(21)12-16/h4-13H,3H2,1-2H3,(H,22,25)/b18-11+. The summed E-state index contributed by atoms with van der Waals surface area (Å²) in [7, 11) is 0. The fourth-order valence-corrected chi connectivity index (χ4v) is 2.69. The van der Waals surface area contributed by atoms with E-state index in [9.17, 15) is 9.59 Å². The molecule has 0 radical (unpaired) electrons. The van der Waals surface area contributed by atoms with Crippen LogP contribution < -0.4 is 15.0 Å². The molecule has 0 spiro atoms. The number of urea groups is 1. The van der Waals surface area contributed by atoms with Crippen molar-refractivity contribution in [1.29, 1.82) is 0 Å². The van der Waals surface area contributed by atoms with Crippen LogP contribution in [0.1, 0.15) is 25.8 Å². The minimum atomic E-state index is -0.500. The van der Waals surface area contributed by atoms with Gasteiger partial charge in [0.25, 0.3) is 5.91 Å². The molecule has 0 aliphatic carbocycles. The topological polar surface area (TPSA) is 58.6 Å². The summed E-state index contributed by atoms with van der Waals surface area (Å²) < 4.78 is 5.73. The molecule has 1 saturated heterocycles. The predicted octanol–water partition coefficient (Wildman–Crippen LogP) is 4.61. The van der Waals surface area contributed by atoms with Crippen LogP contribution in [0.15, 0.2) is 54.2 Å². The van der Waals surface area contributed by atoms with Gasteiger partial charge in [0.05, 0.1) is 11.8 Å². The van der Waals surface area contributed by atoms with E-state index in [4.69, 9.17) is 16.3 Å². The second kappa shape index (κ2) is 7.62. The zero-order valence-corrected chi connectivity index (χ0v) is 15.3. The molecule has 0 saturated carbocycles. The van der Waals surface area contributed by atoms with Gasteiger partial charge >= 0.3 is 6.03 Å². The van der Waals surface area contributed by atoms with Crippen LogP contribution in [0.3, 0.4) is 0 Å². The van der Waals surface area contributed by atoms with Crippen LogP contribution in [0.4, 0.5) is 10.5 Å². The molecule has 1 unspecified atom stereocenters. The first-order valence-corrected chi connectivity index (χ1v) is 8.75. The Labute approximate surface area is 157 Å². The van der Waals surface area contributed by atoms with E-state index in [2.05, 4.69) is 12.2 Å². The number of hydrogen-bond donors (Lipinski definition) is 1. The number of nitrogens with one attached hydrogen (secondary N) is 1. The van der Waals surface area contributed by atoms with E-state index < -0.39 is 11.9 Å². The van der Waals surface area contributed by atoms with E-state index in [1.807, 2.05) is 31.2 Å². The lowest BCUT2D eigenvalue weighted by atomic mass is 10.1. The third-order valence-corrected chi connectivity index (χ3v) is 4.28. The summed E-state index contributed by atoms with van der Waals surface area (Å²) in [5.74, 6) is 0.348. The quantitative estimate of drug-likeness (QED) is 0.617. The lowest BCUT2D eigenvalue weighted by Crippen LogP contribution is -2.30. The number of hydrogen-bond acceptors (Lipinski definition) is 3. The van der Waals surface area contributed by atoms with Crippen molar-refractivity contribution >= 4 is 35.3 Å². The summed E-state index contributed by atoms with van der Waals surface area (Å²) in [6.45, 7) is 4.07. The maximum atomic E-state index is 12.6. The number of rotatable bonds is 5. The second-order valence-corrected chi connectivity index (χ2v) is 6.45. The van der Waals surface area contributed by atoms with Gasteiger partial charge in [-0.25, -0.2) is 9.69 Å². The summed E-state index contributed by atoms with van der Waals surface area (Å²) in [5.41, 5.74) is 1.43. The van der Waals surface area contributed by atoms with E-state index >= 15 is 0 Å². The van der Waals surface area contributed by atoms with Crippen molar-refractivity contribution in [3.63, 3.8) is 0 Å². The molecular weight excluding hydrogens is 352 g/mol. The van der Waals surface area contributed by atoms with Crippen molar-refractivity contribution in [2.24, 2.45) is 0 Å². The molecule has 2 aromatic carbocycles. The smallest absolute Gasteiger partial charge is 0.333 e. The highest BCUT2D eigenvalue weighted by Gasteiger charge is 2.34. The largest absolute Gasteiger partial charge is 0.491 e. The third kappa shape index (κ3) is 3.89. The SMILES string of the molecule is CCC(C)Oc1ccc(/C=C2/NC(=O)N(c3cccc(Cl)c3)C2=O)cc1. The molecule has 1 atom stereocenters. The molecule has 0 bridgehead atoms. The Morgan fingerprint density at radius 3 is 2.58 bits per heavy atom. The number of carbonyl (C=O) groups is 2. The average Bonchev–Trinajstić information content (AvgIpc) is 2.90. The zero-order valence-electron chi connectivity index (χ0n) is 14.5. The van der Waals surface area contributed by atoms with E-state index in [-0.39, 0.29) is 11.8 Å². The monoisotopic (exact) mass is 370 g/mol. The lowest BCUT2D eigenvalue weighted by molar-refractivity contribution is -0.113. The van der Waals surface area contributed by atoms with E-state index in [0.29, 0.717) is 10.7 Å². The lowest BCUT2D eigenvalue weighted by Gasteiger charge is -2.12. The number of amides is 3. The van der Waals surface area contributed by atoms with Crippen LogP contribution in [-0.4, -0.2) is 18.0 Å². The van der Waals surface area contributed by atoms with Gasteiger partial charge in [0.1, 0.15) is 11.4 Å². The maximum absolute atomic E-state index is 12.6. The van der Waals surface area contributed by atoms with Gasteiger partial charge in [-0.1, -0.05) is 36.7 Å². The average molecular weight is 371 g/mol. The molecule has 1 fully saturated rings. The molecule has 26 heavy (non-hydrogen) atoms. The van der Waals surface area contributed by atoms with Crippen molar-refractivity contribution in [3.05, 3.63) is 64.8 Å². The molecule has 5 nitrogen and oxygen atoms in total. The molecule has 0 aromatic heterocycles. The van der Waals surface area contributed by atoms with E-state index in [1.54, 1.807) is 30.3 Å². The normalized spacial score (nSPS) is 16.7. The molecule has 1 aliphatic rings. The Hall–Kier alpha value is -2.79. The minimum Gasteiger partial charge on any atom is -0.491 e. The summed E-state index contributed by atoms with van der Waals surface area (Å²) in [6.07, 6.45) is 2.70. The van der Waals surface area contributed by atoms with Gasteiger partial charge < -0.3 is 10.1 Å². The molecule has 1 N–H and O–H groups in total. The summed E-state index contributed by atoms with van der Waals surface area (Å²) in [6, 6.07) is 13.5. The fourth-order valence-electron chi connectivity index (χ4n) is 2.51. The zero-order chi connectivity index (χ0) is 18.7. The first-order valence-electron chi connectivity index (χ1n) is 8.37. The summed E-state index contributed by atoms with van der Waals surface area (Å²) >= 11 is 5.95. The maximum Gasteiger partial charge on any atom is 0.333 e. The summed E-state index contributed by atoms with van der Waals surface area (Å²) in [4.78, 5) is 25.9. The van der Waals surface area contributed by atoms with Gasteiger partial charge in [0, 0.05) is 5.02 Å². The molecule has 2 aromatic rings. The van der Waals surface area contributed by atoms with E-state index in [0.717, 1.165) is 22.6 Å². The van der Waals surface area contributed by atoms with Gasteiger partial charge in [-0.3, -0.25) is 4.79 Å². The molecule has 1 heterocycles. The molecular formula is C20H19ClN2O3. The predicted molar refractivity (Wildman–Crippen MR) is 102 cm³/mol. The van der Waals surface area contributed by atoms with Crippen molar-refractivity contribution in [2.45, 2.75) is 26.4 Å². The number of halogens is 1. The number of anilines is 1. The Kier molecular flexibility index (Phi) is 5.28. The Bertz CT molecular complexity index is 862. The number of benzene rings is 2. The van der Waals surface area contributed by atoms with Crippen molar-refractivity contribution in [2.75, 3.05) is 4.90 Å². The van der Waals surface area contributed by atoms with Crippen LogP contribution in [0.25, 0.3) is 6.08 Å². The van der Waals surface area contributed by atoms with Crippen LogP contribution in [0, 0.1) is 0 Å². The Morgan fingerprint density at radius 2 is 1.92 bits per heavy atom. The number of nitrogens with zero attached hydrogens (tertiary/aromatic N) is 1. The van der Waals surface area contributed by atoms with Crippen LogP contribution in [-0.2, 0) is 4.79 Å². The highest BCUT2D eigenvalue weighted by molar-refractivity contribution is 6.32. The minimum absolute atomic E-state index is 0.140. The first kappa shape index (κ1) is 18.0. The molecule has 3 rings (SSSR count). The molecule has 3 amide bonds. The molecule has 134 valence electrons. The first-order chi connectivity index (χ1) is 12.5. The third-order valence-electron chi connectivity index (χ3n) is 4.05. The highest BCUT2D eigenvalue weighted by Crippen LogP contribution is 2.25. The van der Waals surface area contributed by atoms with Gasteiger partial charge in [0.15, 0.2) is 0 Å². The molecule has 1 aliphatic heterocycles. The van der Waals surface area contributed by atoms with Crippen molar-refractivity contribution in [3.8, 4) is 5.75 Å². The van der Waals surface area contributed by atoms with Crippen LogP contribution in [0.5, 0.6) is 5.75 Å². The van der Waals surface area contributed by atoms with Gasteiger partial charge in [0.2, 0.25) is 0 Å². The van der Waals surface area contributed by atoms with Crippen LogP contribution in [0.2, 0.25) is 5.02 Å². The van der Waals surface area contributed by atoms with E-state index in [1.165, 1.54) is 0 Å². The van der Waals surface area contributed by atoms with Gasteiger partial charge in [-0.15, -0.1) is 0 Å². The number of carbonyl (C=O) groups excluding carboxylic acids is 2. The van der Waals surface area contributed by atoms with Crippen molar-refractivity contribution < 1.29 is 14.3 Å². The summed E-state index contributed by atoms with van der Waals surface area (Å²) in [5, 5.41) is 3.06. The Balaban J connectivity index is 1.79. The highest BCUT2D eigenvalue weighted by atomic mass is 35.5. The van der Waals surface area contributed by atoms with Gasteiger partial charge in [-0.2, -0.15) is 0 Å².